The van der Waals surface area contributed by atoms with Crippen molar-refractivity contribution in [2.75, 3.05) is 0 Å². The molecule has 28 heavy (non-hydrogen) atoms. The number of halogens is 1. The molecular weight excluding hydrogens is 466 g/mol. The monoisotopic (exact) mass is 481 g/mol. The first-order valence-electron chi connectivity index (χ1n) is 8.14. The van der Waals surface area contributed by atoms with Gasteiger partial charge in [-0.2, -0.15) is 13.5 Å². The lowest BCUT2D eigenvalue weighted by atomic mass is 10.1. The van der Waals surface area contributed by atoms with Gasteiger partial charge in [-0.3, -0.25) is 4.79 Å². The van der Waals surface area contributed by atoms with Crippen LogP contribution in [0.3, 0.4) is 0 Å². The lowest BCUT2D eigenvalue weighted by Crippen LogP contribution is -2.23. The van der Waals surface area contributed by atoms with E-state index in [4.69, 9.17) is 4.18 Å². The first-order valence-corrected chi connectivity index (χ1v) is 11.2. The summed E-state index contributed by atoms with van der Waals surface area (Å²) in [4.78, 5) is 11.5. The molecule has 3 rings (SSSR count). The molecule has 10 heteroatoms. The van der Waals surface area contributed by atoms with Crippen molar-refractivity contribution in [3.05, 3.63) is 58.1 Å². The predicted molar refractivity (Wildman–Crippen MR) is 113 cm³/mol. The number of nitrogens with one attached hydrogen (secondary N) is 1. The summed E-state index contributed by atoms with van der Waals surface area (Å²) in [7, 11) is -4.01. The third kappa shape index (κ3) is 4.81. The van der Waals surface area contributed by atoms with Crippen LogP contribution in [0.5, 0.6) is 5.75 Å². The van der Waals surface area contributed by atoms with Crippen LogP contribution >= 0.6 is 27.7 Å². The summed E-state index contributed by atoms with van der Waals surface area (Å²) in [5, 5.41) is 10.7. The zero-order chi connectivity index (χ0) is 20.3. The number of thioether (sulfide) groups is 1. The standard InChI is InChI=1S/C18H16BrN3O4S2/c1-11-4-3-5-13(10-20-22-18-21-17(23)12(2)27-18)16(11)26-28(24,25)15-8-6-14(19)7-9-15/h3-10,12H,1-2H3,(H,21,22,23)/b20-10-/t12-/m0/s1. The number of amidine groups is 1. The number of benzene rings is 2. The largest absolute Gasteiger partial charge is 0.378 e. The summed E-state index contributed by atoms with van der Waals surface area (Å²) in [6.45, 7) is 3.51. The Morgan fingerprint density at radius 2 is 1.93 bits per heavy atom. The summed E-state index contributed by atoms with van der Waals surface area (Å²) in [6.07, 6.45) is 1.39. The Bertz CT molecular complexity index is 1070. The average Bonchev–Trinajstić information content (AvgIpc) is 2.96. The minimum absolute atomic E-state index is 0.0427. The normalized spacial score (nSPS) is 18.6. The maximum Gasteiger partial charge on any atom is 0.339 e. The molecule has 1 aliphatic rings. The number of carbonyl (C=O) groups is 1. The molecule has 1 atom stereocenters. The Kier molecular flexibility index (Phi) is 6.21. The number of hydrogen-bond acceptors (Lipinski definition) is 7. The second-order valence-electron chi connectivity index (χ2n) is 5.88. The van der Waals surface area contributed by atoms with E-state index in [0.717, 1.165) is 4.47 Å². The van der Waals surface area contributed by atoms with E-state index < -0.39 is 10.1 Å². The van der Waals surface area contributed by atoms with Crippen molar-refractivity contribution in [3.63, 3.8) is 0 Å². The van der Waals surface area contributed by atoms with Crippen molar-refractivity contribution in [1.29, 1.82) is 0 Å². The number of hydrogen-bond donors (Lipinski definition) is 1. The van der Waals surface area contributed by atoms with Gasteiger partial charge in [0.1, 0.15) is 4.90 Å². The molecule has 0 bridgehead atoms. The second kappa shape index (κ2) is 8.46. The highest BCUT2D eigenvalue weighted by Crippen LogP contribution is 2.27. The van der Waals surface area contributed by atoms with Crippen molar-refractivity contribution < 1.29 is 17.4 Å². The quantitative estimate of drug-likeness (QED) is 0.400. The van der Waals surface area contributed by atoms with E-state index in [1.165, 1.54) is 30.1 Å². The number of amides is 1. The SMILES string of the molecule is Cc1cccc(/C=N\N=C2\NC(=O)[C@H](C)S2)c1OS(=O)(=O)c1ccc(Br)cc1. The maximum atomic E-state index is 12.6. The molecular formula is C18H16BrN3O4S2. The number of para-hydroxylation sites is 1. The van der Waals surface area contributed by atoms with Crippen LogP contribution in [-0.2, 0) is 14.9 Å². The maximum absolute atomic E-state index is 12.6. The van der Waals surface area contributed by atoms with Crippen molar-refractivity contribution in [2.24, 2.45) is 10.2 Å². The van der Waals surface area contributed by atoms with Crippen LogP contribution in [0.2, 0.25) is 0 Å². The van der Waals surface area contributed by atoms with Gasteiger partial charge in [-0.1, -0.05) is 39.8 Å². The molecule has 7 nitrogen and oxygen atoms in total. The molecule has 0 saturated carbocycles. The van der Waals surface area contributed by atoms with Gasteiger partial charge in [0.05, 0.1) is 11.5 Å². The lowest BCUT2D eigenvalue weighted by molar-refractivity contribution is -0.118. The predicted octanol–water partition coefficient (Wildman–Crippen LogP) is 3.47. The molecule has 2 aromatic rings. The molecule has 1 fully saturated rings. The van der Waals surface area contributed by atoms with E-state index in [1.54, 1.807) is 44.2 Å². The molecule has 0 aromatic heterocycles. The zero-order valence-electron chi connectivity index (χ0n) is 14.9. The highest BCUT2D eigenvalue weighted by atomic mass is 79.9. The third-order valence-electron chi connectivity index (χ3n) is 3.77. The molecule has 0 aliphatic carbocycles. The second-order valence-corrected chi connectivity index (χ2v) is 9.68. The Balaban J connectivity index is 1.86. The molecule has 2 aromatic carbocycles. The fraction of sp³-hybridized carbons (Fsp3) is 0.167. The summed E-state index contributed by atoms with van der Waals surface area (Å²) in [6, 6.07) is 11.3. The molecule has 1 amide bonds. The molecule has 1 heterocycles. The van der Waals surface area contributed by atoms with E-state index in [0.29, 0.717) is 16.3 Å². The van der Waals surface area contributed by atoms with E-state index in [1.807, 2.05) is 0 Å². The minimum atomic E-state index is -4.01. The van der Waals surface area contributed by atoms with E-state index in [9.17, 15) is 13.2 Å². The van der Waals surface area contributed by atoms with Gasteiger partial charge in [-0.05, 0) is 49.7 Å². The molecule has 1 N–H and O–H groups in total. The molecule has 1 saturated heterocycles. The van der Waals surface area contributed by atoms with Crippen molar-refractivity contribution in [3.8, 4) is 5.75 Å². The van der Waals surface area contributed by atoms with Crippen LogP contribution in [0, 0.1) is 6.92 Å². The molecule has 0 unspecified atom stereocenters. The zero-order valence-corrected chi connectivity index (χ0v) is 18.1. The smallest absolute Gasteiger partial charge is 0.339 e. The Morgan fingerprint density at radius 3 is 2.57 bits per heavy atom. The summed E-state index contributed by atoms with van der Waals surface area (Å²) < 4.78 is 31.4. The third-order valence-corrected chi connectivity index (χ3v) is 6.51. The number of rotatable bonds is 5. The number of carbonyl (C=O) groups excluding carboxylic acids is 1. The number of aryl methyl sites for hydroxylation is 1. The van der Waals surface area contributed by atoms with Crippen LogP contribution in [0.15, 0.2) is 62.0 Å². The first kappa shape index (κ1) is 20.6. The van der Waals surface area contributed by atoms with Gasteiger partial charge >= 0.3 is 10.1 Å². The van der Waals surface area contributed by atoms with Crippen molar-refractivity contribution >= 4 is 55.1 Å². The van der Waals surface area contributed by atoms with Crippen molar-refractivity contribution in [2.45, 2.75) is 24.0 Å². The first-order chi connectivity index (χ1) is 13.3. The minimum Gasteiger partial charge on any atom is -0.378 e. The van der Waals surface area contributed by atoms with Crippen LogP contribution in [-0.4, -0.2) is 31.0 Å². The topological polar surface area (TPSA) is 97.2 Å². The highest BCUT2D eigenvalue weighted by Gasteiger charge is 2.25. The van der Waals surface area contributed by atoms with Crippen LogP contribution < -0.4 is 9.50 Å². The van der Waals surface area contributed by atoms with E-state index >= 15 is 0 Å². The molecule has 0 spiro atoms. The van der Waals surface area contributed by atoms with Gasteiger partial charge in [0.25, 0.3) is 0 Å². The van der Waals surface area contributed by atoms with Gasteiger partial charge in [0.15, 0.2) is 10.9 Å². The van der Waals surface area contributed by atoms with E-state index in [2.05, 4.69) is 31.4 Å². The van der Waals surface area contributed by atoms with Gasteiger partial charge < -0.3 is 9.50 Å². The average molecular weight is 482 g/mol. The van der Waals surface area contributed by atoms with Crippen LogP contribution in [0.1, 0.15) is 18.1 Å². The molecule has 0 radical (unpaired) electrons. The fourth-order valence-corrected chi connectivity index (χ4v) is 4.33. The van der Waals surface area contributed by atoms with Crippen LogP contribution in [0.25, 0.3) is 0 Å². The van der Waals surface area contributed by atoms with Gasteiger partial charge in [0.2, 0.25) is 5.91 Å². The highest BCUT2D eigenvalue weighted by molar-refractivity contribution is 9.10. The van der Waals surface area contributed by atoms with Gasteiger partial charge in [-0.25, -0.2) is 0 Å². The van der Waals surface area contributed by atoms with Crippen molar-refractivity contribution in [1.82, 2.24) is 5.32 Å². The number of nitrogens with zero attached hydrogens (tertiary/aromatic N) is 2. The summed E-state index contributed by atoms with van der Waals surface area (Å²) >= 11 is 4.54. The summed E-state index contributed by atoms with van der Waals surface area (Å²) in [5.74, 6) is 0.0463. The fourth-order valence-electron chi connectivity index (χ4n) is 2.30. The lowest BCUT2D eigenvalue weighted by Gasteiger charge is -2.11. The Labute approximate surface area is 175 Å². The van der Waals surface area contributed by atoms with Crippen LogP contribution in [0.4, 0.5) is 0 Å². The summed E-state index contributed by atoms with van der Waals surface area (Å²) in [5.41, 5.74) is 1.09. The Morgan fingerprint density at radius 1 is 1.21 bits per heavy atom. The van der Waals surface area contributed by atoms with Gasteiger partial charge in [0, 0.05) is 10.0 Å². The molecule has 1 aliphatic heterocycles. The van der Waals surface area contributed by atoms with Gasteiger partial charge in [-0.15, -0.1) is 5.10 Å². The Hall–Kier alpha value is -2.17. The van der Waals surface area contributed by atoms with E-state index in [-0.39, 0.29) is 21.8 Å². The molecule has 146 valence electrons.